The second-order valence-corrected chi connectivity index (χ2v) is 6.13. The van der Waals surface area contributed by atoms with Crippen molar-refractivity contribution in [2.24, 2.45) is 11.1 Å². The van der Waals surface area contributed by atoms with E-state index in [2.05, 4.69) is 5.32 Å². The molecule has 0 aliphatic heterocycles. The Morgan fingerprint density at radius 1 is 1.37 bits per heavy atom. The number of rotatable bonds is 3. The molecule has 0 radical (unpaired) electrons. The molecule has 1 rings (SSSR count). The fourth-order valence-electron chi connectivity index (χ4n) is 1.68. The first-order valence-electron chi connectivity index (χ1n) is 6.47. The molecule has 4 nitrogen and oxygen atoms in total. The number of carbonyl (C=O) groups is 1. The minimum atomic E-state index is -0.202. The Labute approximate surface area is 115 Å². The molecule has 19 heavy (non-hydrogen) atoms. The summed E-state index contributed by atoms with van der Waals surface area (Å²) in [7, 11) is 0. The van der Waals surface area contributed by atoms with Gasteiger partial charge in [-0.15, -0.1) is 0 Å². The number of benzene rings is 1. The van der Waals surface area contributed by atoms with Crippen molar-refractivity contribution in [2.45, 2.75) is 47.1 Å². The molecule has 0 aromatic heterocycles. The van der Waals surface area contributed by atoms with E-state index in [9.17, 15) is 9.90 Å². The van der Waals surface area contributed by atoms with E-state index in [-0.39, 0.29) is 29.5 Å². The molecular weight excluding hydrogens is 240 g/mol. The van der Waals surface area contributed by atoms with E-state index >= 15 is 0 Å². The van der Waals surface area contributed by atoms with Crippen LogP contribution in [0.3, 0.4) is 0 Å². The van der Waals surface area contributed by atoms with Crippen molar-refractivity contribution in [3.8, 4) is 5.75 Å². The van der Waals surface area contributed by atoms with Crippen LogP contribution in [0.5, 0.6) is 5.75 Å². The van der Waals surface area contributed by atoms with Gasteiger partial charge in [-0.25, -0.2) is 0 Å². The van der Waals surface area contributed by atoms with Crippen LogP contribution < -0.4 is 11.1 Å². The normalized spacial score (nSPS) is 13.2. The predicted molar refractivity (Wildman–Crippen MR) is 78.3 cm³/mol. The van der Waals surface area contributed by atoms with Crippen molar-refractivity contribution in [2.75, 3.05) is 5.32 Å². The monoisotopic (exact) mass is 264 g/mol. The third-order valence-electron chi connectivity index (χ3n) is 3.42. The van der Waals surface area contributed by atoms with Crippen LogP contribution in [-0.4, -0.2) is 17.1 Å². The Morgan fingerprint density at radius 2 is 1.95 bits per heavy atom. The van der Waals surface area contributed by atoms with E-state index < -0.39 is 0 Å². The maximum Gasteiger partial charge on any atom is 0.225 e. The number of hydrogen-bond donors (Lipinski definition) is 3. The van der Waals surface area contributed by atoms with Crippen molar-refractivity contribution in [3.63, 3.8) is 0 Å². The van der Waals surface area contributed by atoms with Gasteiger partial charge in [-0.1, -0.05) is 26.8 Å². The highest BCUT2D eigenvalue weighted by atomic mass is 16.3. The molecule has 0 heterocycles. The van der Waals surface area contributed by atoms with E-state index in [1.165, 1.54) is 0 Å². The van der Waals surface area contributed by atoms with Gasteiger partial charge in [-0.3, -0.25) is 4.79 Å². The summed E-state index contributed by atoms with van der Waals surface area (Å²) in [5, 5.41) is 12.6. The molecule has 0 bridgehead atoms. The second-order valence-electron chi connectivity index (χ2n) is 6.13. The van der Waals surface area contributed by atoms with Gasteiger partial charge in [0, 0.05) is 23.7 Å². The van der Waals surface area contributed by atoms with Crippen molar-refractivity contribution >= 4 is 11.6 Å². The highest BCUT2D eigenvalue weighted by Gasteiger charge is 2.23. The summed E-state index contributed by atoms with van der Waals surface area (Å²) >= 11 is 0. The van der Waals surface area contributed by atoms with Gasteiger partial charge in [0.2, 0.25) is 5.91 Å². The molecule has 0 aliphatic rings. The zero-order valence-corrected chi connectivity index (χ0v) is 12.4. The number of hydrogen-bond acceptors (Lipinski definition) is 3. The molecule has 0 spiro atoms. The van der Waals surface area contributed by atoms with E-state index in [1.54, 1.807) is 19.1 Å². The van der Waals surface area contributed by atoms with E-state index in [0.717, 1.165) is 5.56 Å². The third kappa shape index (κ3) is 3.96. The van der Waals surface area contributed by atoms with Gasteiger partial charge < -0.3 is 16.2 Å². The van der Waals surface area contributed by atoms with Gasteiger partial charge in [-0.05, 0) is 30.9 Å². The summed E-state index contributed by atoms with van der Waals surface area (Å²) in [6.07, 6.45) is 0.261. The molecule has 1 amide bonds. The molecule has 4 N–H and O–H groups in total. The molecule has 1 unspecified atom stereocenters. The Hall–Kier alpha value is -1.55. The second kappa shape index (κ2) is 5.61. The number of nitrogens with one attached hydrogen (secondary N) is 1. The highest BCUT2D eigenvalue weighted by molar-refractivity contribution is 5.92. The van der Waals surface area contributed by atoms with Crippen LogP contribution in [0, 0.1) is 19.3 Å². The summed E-state index contributed by atoms with van der Waals surface area (Å²) < 4.78 is 0. The van der Waals surface area contributed by atoms with Gasteiger partial charge >= 0.3 is 0 Å². The Morgan fingerprint density at radius 3 is 2.47 bits per heavy atom. The van der Waals surface area contributed by atoms with Gasteiger partial charge in [-0.2, -0.15) is 0 Å². The number of anilines is 1. The lowest BCUT2D eigenvalue weighted by molar-refractivity contribution is -0.117. The molecule has 0 aliphatic carbocycles. The quantitative estimate of drug-likeness (QED) is 0.785. The van der Waals surface area contributed by atoms with Crippen LogP contribution in [-0.2, 0) is 4.79 Å². The van der Waals surface area contributed by atoms with E-state index in [0.29, 0.717) is 11.3 Å². The first-order valence-corrected chi connectivity index (χ1v) is 6.47. The zero-order chi connectivity index (χ0) is 14.8. The lowest BCUT2D eigenvalue weighted by atomic mass is 9.85. The van der Waals surface area contributed by atoms with Gasteiger partial charge in [0.15, 0.2) is 0 Å². The number of carbonyl (C=O) groups excluding carboxylic acids is 1. The van der Waals surface area contributed by atoms with Crippen LogP contribution >= 0.6 is 0 Å². The van der Waals surface area contributed by atoms with Crippen LogP contribution in [0.2, 0.25) is 0 Å². The van der Waals surface area contributed by atoms with E-state index in [4.69, 9.17) is 5.73 Å². The first kappa shape index (κ1) is 15.5. The molecule has 0 saturated heterocycles. The number of phenols is 1. The number of phenolic OH excluding ortho intramolecular Hbond substituents is 1. The van der Waals surface area contributed by atoms with Gasteiger partial charge in [0.05, 0.1) is 0 Å². The van der Waals surface area contributed by atoms with Crippen molar-refractivity contribution in [1.29, 1.82) is 0 Å². The summed E-state index contributed by atoms with van der Waals surface area (Å²) in [5.41, 5.74) is 7.98. The largest absolute Gasteiger partial charge is 0.507 e. The predicted octanol–water partition coefficient (Wildman–Crippen LogP) is 2.71. The Bertz CT molecular complexity index is 476. The van der Waals surface area contributed by atoms with Crippen LogP contribution in [0.1, 0.15) is 38.3 Å². The number of aromatic hydroxyl groups is 1. The number of aryl methyl sites for hydroxylation is 1. The molecule has 106 valence electrons. The number of nitrogens with two attached hydrogens (primary N) is 1. The fourth-order valence-corrected chi connectivity index (χ4v) is 1.68. The average molecular weight is 264 g/mol. The molecule has 1 atom stereocenters. The van der Waals surface area contributed by atoms with Crippen molar-refractivity contribution < 1.29 is 9.90 Å². The summed E-state index contributed by atoms with van der Waals surface area (Å²) in [6, 6.07) is 3.37. The van der Waals surface area contributed by atoms with Crippen LogP contribution in [0.4, 0.5) is 5.69 Å². The minimum Gasteiger partial charge on any atom is -0.507 e. The topological polar surface area (TPSA) is 75.4 Å². The zero-order valence-electron chi connectivity index (χ0n) is 12.4. The molecule has 4 heteroatoms. The average Bonchev–Trinajstić information content (AvgIpc) is 2.28. The standard InChI is InChI=1S/C15H24N2O2/c1-9-6-7-11(10(2)14(9)19)17-13(18)8-12(16)15(3,4)5/h6-7,12,19H,8,16H2,1-5H3,(H,17,18). The molecular formula is C15H24N2O2. The van der Waals surface area contributed by atoms with Crippen molar-refractivity contribution in [3.05, 3.63) is 23.3 Å². The van der Waals surface area contributed by atoms with Crippen LogP contribution in [0.25, 0.3) is 0 Å². The van der Waals surface area contributed by atoms with Crippen molar-refractivity contribution in [1.82, 2.24) is 0 Å². The molecule has 1 aromatic rings. The van der Waals surface area contributed by atoms with Gasteiger partial charge in [0.1, 0.15) is 5.75 Å². The molecule has 1 aromatic carbocycles. The van der Waals surface area contributed by atoms with Gasteiger partial charge in [0.25, 0.3) is 0 Å². The first-order chi connectivity index (χ1) is 8.62. The smallest absolute Gasteiger partial charge is 0.225 e. The summed E-state index contributed by atoms with van der Waals surface area (Å²) in [6.45, 7) is 9.63. The summed E-state index contributed by atoms with van der Waals surface area (Å²) in [4.78, 5) is 11.9. The summed E-state index contributed by atoms with van der Waals surface area (Å²) in [5.74, 6) is 0.0895. The maximum absolute atomic E-state index is 11.9. The van der Waals surface area contributed by atoms with Crippen LogP contribution in [0.15, 0.2) is 12.1 Å². The third-order valence-corrected chi connectivity index (χ3v) is 3.42. The molecule has 0 saturated carbocycles. The lowest BCUT2D eigenvalue weighted by Gasteiger charge is -2.26. The van der Waals surface area contributed by atoms with E-state index in [1.807, 2.05) is 27.7 Å². The lowest BCUT2D eigenvalue weighted by Crippen LogP contribution is -2.38. The number of amides is 1. The maximum atomic E-state index is 11.9. The Balaban J connectivity index is 2.76. The Kier molecular flexibility index (Phi) is 4.58. The SMILES string of the molecule is Cc1ccc(NC(=O)CC(N)C(C)(C)C)c(C)c1O. The minimum absolute atomic E-state index is 0.109. The fraction of sp³-hybridized carbons (Fsp3) is 0.533. The highest BCUT2D eigenvalue weighted by Crippen LogP contribution is 2.28. The molecule has 0 fully saturated rings.